The van der Waals surface area contributed by atoms with Crippen LogP contribution in [0.15, 0.2) is 36.7 Å². The van der Waals surface area contributed by atoms with Gasteiger partial charge in [-0.1, -0.05) is 29.8 Å². The molecule has 0 aliphatic carbocycles. The van der Waals surface area contributed by atoms with E-state index in [-0.39, 0.29) is 0 Å². The minimum Gasteiger partial charge on any atom is -0.323 e. The van der Waals surface area contributed by atoms with E-state index in [0.29, 0.717) is 11.2 Å². The standard InChI is InChI=1S/C13H12ClN3/c1-9-6-10-4-2-3-5-11(10)17(9)13-7-12(14)15-8-16-13/h2-5,7-9H,6H2,1H3. The van der Waals surface area contributed by atoms with E-state index < -0.39 is 0 Å². The number of anilines is 2. The molecule has 0 saturated heterocycles. The minimum absolute atomic E-state index is 0.401. The van der Waals surface area contributed by atoms with Crippen LogP contribution in [0.3, 0.4) is 0 Å². The number of benzene rings is 1. The Morgan fingerprint density at radius 1 is 1.29 bits per heavy atom. The minimum atomic E-state index is 0.401. The molecule has 0 bridgehead atoms. The largest absolute Gasteiger partial charge is 0.323 e. The maximum atomic E-state index is 5.92. The van der Waals surface area contributed by atoms with Gasteiger partial charge in [0.15, 0.2) is 0 Å². The second kappa shape index (κ2) is 4.00. The summed E-state index contributed by atoms with van der Waals surface area (Å²) in [6.07, 6.45) is 2.54. The van der Waals surface area contributed by atoms with Gasteiger partial charge in [0.25, 0.3) is 0 Å². The number of rotatable bonds is 1. The molecule has 0 saturated carbocycles. The molecule has 1 aliphatic rings. The number of aromatic nitrogens is 2. The van der Waals surface area contributed by atoms with Crippen LogP contribution in [0.25, 0.3) is 0 Å². The monoisotopic (exact) mass is 245 g/mol. The number of para-hydroxylation sites is 1. The summed E-state index contributed by atoms with van der Waals surface area (Å²) in [5.41, 5.74) is 2.57. The lowest BCUT2D eigenvalue weighted by atomic mass is 10.1. The van der Waals surface area contributed by atoms with Crippen LogP contribution in [0.5, 0.6) is 0 Å². The van der Waals surface area contributed by atoms with E-state index in [1.54, 1.807) is 6.07 Å². The smallest absolute Gasteiger partial charge is 0.138 e. The van der Waals surface area contributed by atoms with E-state index in [4.69, 9.17) is 11.6 Å². The molecule has 0 spiro atoms. The summed E-state index contributed by atoms with van der Waals surface area (Å²) >= 11 is 5.92. The zero-order valence-corrected chi connectivity index (χ0v) is 10.2. The van der Waals surface area contributed by atoms with Crippen molar-refractivity contribution in [1.29, 1.82) is 0 Å². The fraction of sp³-hybridized carbons (Fsp3) is 0.231. The summed E-state index contributed by atoms with van der Waals surface area (Å²) in [7, 11) is 0. The van der Waals surface area contributed by atoms with Crippen LogP contribution >= 0.6 is 11.6 Å². The molecular formula is C13H12ClN3. The highest BCUT2D eigenvalue weighted by atomic mass is 35.5. The molecule has 0 radical (unpaired) electrons. The number of halogens is 1. The zero-order valence-electron chi connectivity index (χ0n) is 9.47. The van der Waals surface area contributed by atoms with Gasteiger partial charge in [-0.15, -0.1) is 0 Å². The number of hydrogen-bond donors (Lipinski definition) is 0. The summed E-state index contributed by atoms with van der Waals surface area (Å²) < 4.78 is 0. The Kier molecular flexibility index (Phi) is 2.48. The first-order valence-corrected chi connectivity index (χ1v) is 5.98. The lowest BCUT2D eigenvalue weighted by molar-refractivity contribution is 0.749. The second-order valence-electron chi connectivity index (χ2n) is 4.25. The Bertz CT molecular complexity index is 556. The third-order valence-electron chi connectivity index (χ3n) is 3.07. The maximum absolute atomic E-state index is 5.92. The topological polar surface area (TPSA) is 29.0 Å². The lowest BCUT2D eigenvalue weighted by Gasteiger charge is -2.23. The average Bonchev–Trinajstić information content (AvgIpc) is 2.64. The van der Waals surface area contributed by atoms with Crippen molar-refractivity contribution in [3.8, 4) is 0 Å². The van der Waals surface area contributed by atoms with Crippen LogP contribution in [0, 0.1) is 0 Å². The van der Waals surface area contributed by atoms with Crippen molar-refractivity contribution in [3.05, 3.63) is 47.4 Å². The summed E-state index contributed by atoms with van der Waals surface area (Å²) in [6, 6.07) is 10.6. The van der Waals surface area contributed by atoms with Crippen molar-refractivity contribution >= 4 is 23.1 Å². The molecule has 2 aromatic rings. The van der Waals surface area contributed by atoms with Gasteiger partial charge in [-0.3, -0.25) is 0 Å². The molecule has 17 heavy (non-hydrogen) atoms. The molecule has 4 heteroatoms. The first-order chi connectivity index (χ1) is 8.25. The predicted molar refractivity (Wildman–Crippen MR) is 68.8 cm³/mol. The molecule has 86 valence electrons. The molecule has 0 fully saturated rings. The molecule has 1 atom stereocenters. The van der Waals surface area contributed by atoms with Gasteiger partial charge in [0, 0.05) is 17.8 Å². The lowest BCUT2D eigenvalue weighted by Crippen LogP contribution is -2.24. The van der Waals surface area contributed by atoms with Gasteiger partial charge in [-0.05, 0) is 25.0 Å². The Labute approximate surface area is 105 Å². The summed E-state index contributed by atoms with van der Waals surface area (Å²) in [4.78, 5) is 10.4. The van der Waals surface area contributed by atoms with Crippen molar-refractivity contribution in [2.45, 2.75) is 19.4 Å². The third-order valence-corrected chi connectivity index (χ3v) is 3.28. The third kappa shape index (κ3) is 1.76. The molecule has 3 rings (SSSR count). The second-order valence-corrected chi connectivity index (χ2v) is 4.64. The summed E-state index contributed by atoms with van der Waals surface area (Å²) in [5.74, 6) is 0.863. The Hall–Kier alpha value is -1.61. The van der Waals surface area contributed by atoms with Crippen LogP contribution in [-0.4, -0.2) is 16.0 Å². The van der Waals surface area contributed by atoms with E-state index in [9.17, 15) is 0 Å². The Morgan fingerprint density at radius 2 is 2.12 bits per heavy atom. The van der Waals surface area contributed by atoms with Crippen molar-refractivity contribution in [1.82, 2.24) is 9.97 Å². The highest BCUT2D eigenvalue weighted by molar-refractivity contribution is 6.29. The first kappa shape index (κ1) is 10.5. The van der Waals surface area contributed by atoms with Crippen LogP contribution in [0.1, 0.15) is 12.5 Å². The summed E-state index contributed by atoms with van der Waals surface area (Å²) in [5, 5.41) is 0.478. The number of fused-ring (bicyclic) bond motifs is 1. The van der Waals surface area contributed by atoms with Gasteiger partial charge in [-0.2, -0.15) is 0 Å². The molecule has 0 amide bonds. The van der Waals surface area contributed by atoms with E-state index >= 15 is 0 Å². The van der Waals surface area contributed by atoms with Crippen LogP contribution in [0.4, 0.5) is 11.5 Å². The predicted octanol–water partition coefficient (Wildman–Crippen LogP) is 3.21. The molecule has 2 heterocycles. The van der Waals surface area contributed by atoms with Crippen molar-refractivity contribution in [2.75, 3.05) is 4.90 Å². The molecular weight excluding hydrogens is 234 g/mol. The van der Waals surface area contributed by atoms with Crippen molar-refractivity contribution < 1.29 is 0 Å². The van der Waals surface area contributed by atoms with E-state index in [1.165, 1.54) is 17.6 Å². The van der Waals surface area contributed by atoms with Gasteiger partial charge < -0.3 is 4.90 Å². The zero-order chi connectivity index (χ0) is 11.8. The van der Waals surface area contributed by atoms with Gasteiger partial charge in [-0.25, -0.2) is 9.97 Å². The average molecular weight is 246 g/mol. The van der Waals surface area contributed by atoms with E-state index in [1.807, 2.05) is 6.07 Å². The van der Waals surface area contributed by atoms with Crippen LogP contribution in [-0.2, 0) is 6.42 Å². The van der Waals surface area contributed by atoms with Gasteiger partial charge in [0.05, 0.1) is 0 Å². The molecule has 1 aromatic carbocycles. The number of nitrogens with zero attached hydrogens (tertiary/aromatic N) is 3. The first-order valence-electron chi connectivity index (χ1n) is 5.60. The molecule has 1 aliphatic heterocycles. The van der Waals surface area contributed by atoms with Gasteiger partial charge in [0.2, 0.25) is 0 Å². The van der Waals surface area contributed by atoms with Crippen LogP contribution < -0.4 is 4.90 Å². The Morgan fingerprint density at radius 3 is 2.94 bits per heavy atom. The summed E-state index contributed by atoms with van der Waals surface area (Å²) in [6.45, 7) is 2.19. The SMILES string of the molecule is CC1Cc2ccccc2N1c1cc(Cl)ncn1. The molecule has 3 nitrogen and oxygen atoms in total. The van der Waals surface area contributed by atoms with E-state index in [2.05, 4.69) is 40.0 Å². The molecule has 1 unspecified atom stereocenters. The highest BCUT2D eigenvalue weighted by Crippen LogP contribution is 2.37. The van der Waals surface area contributed by atoms with E-state index in [0.717, 1.165) is 12.2 Å². The fourth-order valence-electron chi connectivity index (χ4n) is 2.37. The van der Waals surface area contributed by atoms with Crippen LogP contribution in [0.2, 0.25) is 5.15 Å². The quantitative estimate of drug-likeness (QED) is 0.723. The van der Waals surface area contributed by atoms with Crippen molar-refractivity contribution in [2.24, 2.45) is 0 Å². The molecule has 1 aromatic heterocycles. The normalized spacial score (nSPS) is 18.2. The Balaban J connectivity index is 2.09. The maximum Gasteiger partial charge on any atom is 0.138 e. The van der Waals surface area contributed by atoms with Gasteiger partial charge >= 0.3 is 0 Å². The molecule has 0 N–H and O–H groups in total. The van der Waals surface area contributed by atoms with Gasteiger partial charge in [0.1, 0.15) is 17.3 Å². The fourth-order valence-corrected chi connectivity index (χ4v) is 2.51. The number of hydrogen-bond acceptors (Lipinski definition) is 3. The highest BCUT2D eigenvalue weighted by Gasteiger charge is 2.27. The van der Waals surface area contributed by atoms with Crippen molar-refractivity contribution in [3.63, 3.8) is 0 Å².